The van der Waals surface area contributed by atoms with Gasteiger partial charge in [-0.3, -0.25) is 0 Å². The molecule has 0 bridgehead atoms. The fourth-order valence-corrected chi connectivity index (χ4v) is 1.90. The van der Waals surface area contributed by atoms with Crippen LogP contribution in [0.15, 0.2) is 16.6 Å². The molecule has 1 aliphatic heterocycles. The van der Waals surface area contributed by atoms with Crippen LogP contribution in [-0.4, -0.2) is 6.61 Å². The van der Waals surface area contributed by atoms with Gasteiger partial charge in [-0.15, -0.1) is 12.4 Å². The molecule has 0 aromatic heterocycles. The maximum atomic E-state index is 13.1. The van der Waals surface area contributed by atoms with Gasteiger partial charge in [-0.25, -0.2) is 4.39 Å². The molecule has 2 rings (SSSR count). The second kappa shape index (κ2) is 4.47. The first-order valence-corrected chi connectivity index (χ1v) is 4.85. The van der Waals surface area contributed by atoms with E-state index in [0.717, 1.165) is 12.0 Å². The molecule has 0 saturated carbocycles. The Kier molecular flexibility index (Phi) is 3.75. The summed E-state index contributed by atoms with van der Waals surface area (Å²) in [5, 5.41) is 0. The predicted molar refractivity (Wildman–Crippen MR) is 58.4 cm³/mol. The minimum absolute atomic E-state index is 0. The van der Waals surface area contributed by atoms with Crippen LogP contribution in [0.2, 0.25) is 0 Å². The topological polar surface area (TPSA) is 35.2 Å². The van der Waals surface area contributed by atoms with Gasteiger partial charge in [0.1, 0.15) is 11.6 Å². The fraction of sp³-hybridized carbons (Fsp3) is 0.333. The van der Waals surface area contributed by atoms with E-state index >= 15 is 0 Å². The summed E-state index contributed by atoms with van der Waals surface area (Å²) < 4.78 is 18.8. The van der Waals surface area contributed by atoms with E-state index in [0.29, 0.717) is 16.8 Å². The first-order valence-electron chi connectivity index (χ1n) is 4.06. The SMILES string of the molecule is Cl.N[C@@H]1CCOc2c1ccc(F)c2Br. The van der Waals surface area contributed by atoms with Crippen LogP contribution in [0.25, 0.3) is 0 Å². The Morgan fingerprint density at radius 2 is 2.21 bits per heavy atom. The van der Waals surface area contributed by atoms with Crippen molar-refractivity contribution in [2.75, 3.05) is 6.61 Å². The minimum Gasteiger partial charge on any atom is -0.492 e. The molecule has 1 atom stereocenters. The van der Waals surface area contributed by atoms with E-state index < -0.39 is 0 Å². The van der Waals surface area contributed by atoms with Gasteiger partial charge in [-0.1, -0.05) is 6.07 Å². The Hall–Kier alpha value is -0.320. The molecule has 2 N–H and O–H groups in total. The number of halogens is 3. The van der Waals surface area contributed by atoms with E-state index in [1.165, 1.54) is 6.07 Å². The predicted octanol–water partition coefficient (Wildman–Crippen LogP) is 2.79. The highest BCUT2D eigenvalue weighted by atomic mass is 79.9. The van der Waals surface area contributed by atoms with Crippen LogP contribution < -0.4 is 10.5 Å². The highest BCUT2D eigenvalue weighted by molar-refractivity contribution is 9.10. The molecule has 0 unspecified atom stereocenters. The maximum absolute atomic E-state index is 13.1. The van der Waals surface area contributed by atoms with E-state index in [9.17, 15) is 4.39 Å². The highest BCUT2D eigenvalue weighted by Crippen LogP contribution is 2.38. The highest BCUT2D eigenvalue weighted by Gasteiger charge is 2.21. The summed E-state index contributed by atoms with van der Waals surface area (Å²) in [7, 11) is 0. The Labute approximate surface area is 96.2 Å². The van der Waals surface area contributed by atoms with Crippen molar-refractivity contribution in [1.29, 1.82) is 0 Å². The molecule has 0 saturated heterocycles. The lowest BCUT2D eigenvalue weighted by Crippen LogP contribution is -2.21. The summed E-state index contributed by atoms with van der Waals surface area (Å²) in [4.78, 5) is 0. The third-order valence-corrected chi connectivity index (χ3v) is 2.89. The fourth-order valence-electron chi connectivity index (χ4n) is 1.43. The Morgan fingerprint density at radius 3 is 2.93 bits per heavy atom. The molecule has 78 valence electrons. The Balaban J connectivity index is 0.000000980. The monoisotopic (exact) mass is 281 g/mol. The van der Waals surface area contributed by atoms with Crippen LogP contribution in [-0.2, 0) is 0 Å². The second-order valence-electron chi connectivity index (χ2n) is 3.02. The minimum atomic E-state index is -0.312. The van der Waals surface area contributed by atoms with Crippen LogP contribution in [0.5, 0.6) is 5.75 Å². The van der Waals surface area contributed by atoms with Gasteiger partial charge in [0.25, 0.3) is 0 Å². The molecule has 0 fully saturated rings. The lowest BCUT2D eigenvalue weighted by molar-refractivity contribution is 0.265. The summed E-state index contributed by atoms with van der Waals surface area (Å²) in [6.07, 6.45) is 0.783. The summed E-state index contributed by atoms with van der Waals surface area (Å²) in [5.74, 6) is 0.242. The van der Waals surface area contributed by atoms with E-state index in [-0.39, 0.29) is 24.3 Å². The quantitative estimate of drug-likeness (QED) is 0.794. The third kappa shape index (κ3) is 1.87. The number of ether oxygens (including phenoxy) is 1. The van der Waals surface area contributed by atoms with Crippen molar-refractivity contribution in [3.05, 3.63) is 28.0 Å². The molecule has 0 radical (unpaired) electrons. The number of rotatable bonds is 0. The average Bonchev–Trinajstić information content (AvgIpc) is 2.12. The van der Waals surface area contributed by atoms with Gasteiger partial charge in [0.2, 0.25) is 0 Å². The molecular weight excluding hydrogens is 272 g/mol. The van der Waals surface area contributed by atoms with Crippen molar-refractivity contribution in [3.63, 3.8) is 0 Å². The van der Waals surface area contributed by atoms with E-state index in [4.69, 9.17) is 10.5 Å². The molecule has 0 spiro atoms. The van der Waals surface area contributed by atoms with Crippen LogP contribution in [0, 0.1) is 5.82 Å². The number of fused-ring (bicyclic) bond motifs is 1. The van der Waals surface area contributed by atoms with E-state index in [1.54, 1.807) is 6.07 Å². The third-order valence-electron chi connectivity index (χ3n) is 2.16. The Morgan fingerprint density at radius 1 is 1.50 bits per heavy atom. The van der Waals surface area contributed by atoms with Gasteiger partial charge in [0.15, 0.2) is 0 Å². The van der Waals surface area contributed by atoms with Crippen LogP contribution in [0.4, 0.5) is 4.39 Å². The summed E-state index contributed by atoms with van der Waals surface area (Å²) in [5.41, 5.74) is 6.72. The zero-order valence-corrected chi connectivity index (χ0v) is 9.70. The number of hydrogen-bond acceptors (Lipinski definition) is 2. The standard InChI is InChI=1S/C9H9BrFNO.ClH/c10-8-6(11)2-1-5-7(12)3-4-13-9(5)8;/h1-2,7H,3-4,12H2;1H/t7-;/m1./s1. The van der Waals surface area contributed by atoms with Crippen molar-refractivity contribution < 1.29 is 9.13 Å². The summed E-state index contributed by atoms with van der Waals surface area (Å²) >= 11 is 3.14. The molecule has 2 nitrogen and oxygen atoms in total. The molecule has 5 heteroatoms. The first kappa shape index (κ1) is 11.8. The molecular formula is C9H10BrClFNO. The normalized spacial score (nSPS) is 19.2. The van der Waals surface area contributed by atoms with Gasteiger partial charge in [-0.05, 0) is 22.0 Å². The number of benzene rings is 1. The van der Waals surface area contributed by atoms with Gasteiger partial charge >= 0.3 is 0 Å². The zero-order chi connectivity index (χ0) is 9.42. The van der Waals surface area contributed by atoms with Gasteiger partial charge in [-0.2, -0.15) is 0 Å². The lowest BCUT2D eigenvalue weighted by atomic mass is 10.0. The summed E-state index contributed by atoms with van der Waals surface area (Å²) in [6.45, 7) is 0.552. The second-order valence-corrected chi connectivity index (χ2v) is 3.82. The largest absolute Gasteiger partial charge is 0.492 e. The van der Waals surface area contributed by atoms with Crippen molar-refractivity contribution in [3.8, 4) is 5.75 Å². The number of nitrogens with two attached hydrogens (primary N) is 1. The zero-order valence-electron chi connectivity index (χ0n) is 7.30. The Bertz CT molecular complexity index is 348. The van der Waals surface area contributed by atoms with E-state index in [1.807, 2.05) is 0 Å². The molecule has 1 heterocycles. The molecule has 0 amide bonds. The van der Waals surface area contributed by atoms with Crippen molar-refractivity contribution >= 4 is 28.3 Å². The smallest absolute Gasteiger partial charge is 0.141 e. The average molecular weight is 283 g/mol. The van der Waals surface area contributed by atoms with Crippen LogP contribution in [0.1, 0.15) is 18.0 Å². The molecule has 14 heavy (non-hydrogen) atoms. The van der Waals surface area contributed by atoms with Gasteiger partial charge in [0, 0.05) is 18.0 Å². The van der Waals surface area contributed by atoms with Crippen LogP contribution in [0.3, 0.4) is 0 Å². The first-order chi connectivity index (χ1) is 6.20. The molecule has 0 aliphatic carbocycles. The summed E-state index contributed by atoms with van der Waals surface area (Å²) in [6, 6.07) is 3.04. The van der Waals surface area contributed by atoms with Crippen molar-refractivity contribution in [2.24, 2.45) is 5.73 Å². The van der Waals surface area contributed by atoms with Crippen LogP contribution >= 0.6 is 28.3 Å². The number of hydrogen-bond donors (Lipinski definition) is 1. The van der Waals surface area contributed by atoms with Crippen molar-refractivity contribution in [1.82, 2.24) is 0 Å². The molecule has 1 aromatic carbocycles. The molecule has 1 aromatic rings. The van der Waals surface area contributed by atoms with E-state index in [2.05, 4.69) is 15.9 Å². The maximum Gasteiger partial charge on any atom is 0.141 e. The van der Waals surface area contributed by atoms with Crippen molar-refractivity contribution in [2.45, 2.75) is 12.5 Å². The molecule has 1 aliphatic rings. The lowest BCUT2D eigenvalue weighted by Gasteiger charge is -2.23. The van der Waals surface area contributed by atoms with Gasteiger partial charge in [0.05, 0.1) is 11.1 Å². The van der Waals surface area contributed by atoms with Gasteiger partial charge < -0.3 is 10.5 Å².